The third-order valence-electron chi connectivity index (χ3n) is 4.74. The van der Waals surface area contributed by atoms with Crippen LogP contribution < -0.4 is 4.83 Å². The highest BCUT2D eigenvalue weighted by molar-refractivity contribution is 7.89. The number of carboxylic acids is 1. The molecule has 0 spiro atoms. The molecule has 1 saturated heterocycles. The van der Waals surface area contributed by atoms with Crippen LogP contribution in [0.15, 0.2) is 23.1 Å². The lowest BCUT2D eigenvalue weighted by Gasteiger charge is -2.27. The Kier molecular flexibility index (Phi) is 4.91. The number of aryl methyl sites for hydroxylation is 1. The molecule has 2 atom stereocenters. The van der Waals surface area contributed by atoms with Gasteiger partial charge in [0.15, 0.2) is 0 Å². The van der Waals surface area contributed by atoms with Crippen molar-refractivity contribution in [2.24, 2.45) is 0 Å². The van der Waals surface area contributed by atoms with Crippen LogP contribution in [0.4, 0.5) is 0 Å². The Labute approximate surface area is 141 Å². The number of rotatable bonds is 5. The number of carbonyl (C=O) groups is 1. The molecular weight excluding hydrogens is 332 g/mol. The fourth-order valence-electron chi connectivity index (χ4n) is 3.61. The molecule has 0 radical (unpaired) electrons. The monoisotopic (exact) mass is 354 g/mol. The molecule has 1 heterocycles. The molecule has 24 heavy (non-hydrogen) atoms. The zero-order valence-electron chi connectivity index (χ0n) is 13.6. The number of ether oxygens (including phenoxy) is 1. The molecule has 1 aromatic carbocycles. The van der Waals surface area contributed by atoms with Gasteiger partial charge in [0.05, 0.1) is 10.8 Å². The Morgan fingerprint density at radius 3 is 2.83 bits per heavy atom. The highest BCUT2D eigenvalue weighted by atomic mass is 32.2. The number of nitrogens with zero attached hydrogens (tertiary/aromatic N) is 1. The van der Waals surface area contributed by atoms with E-state index in [1.54, 1.807) is 18.2 Å². The molecule has 1 aromatic rings. The molecule has 2 unspecified atom stereocenters. The molecule has 7 nitrogen and oxygen atoms in total. The smallest absolute Gasteiger partial charge is 0.311 e. The minimum atomic E-state index is -3.86. The van der Waals surface area contributed by atoms with E-state index in [-0.39, 0.29) is 11.1 Å². The predicted octanol–water partition coefficient (Wildman–Crippen LogP) is 1.45. The first-order chi connectivity index (χ1) is 11.4. The summed E-state index contributed by atoms with van der Waals surface area (Å²) >= 11 is 0. The Hall–Kier alpha value is -1.48. The van der Waals surface area contributed by atoms with E-state index in [1.165, 1.54) is 6.07 Å². The third kappa shape index (κ3) is 3.19. The van der Waals surface area contributed by atoms with Gasteiger partial charge >= 0.3 is 5.97 Å². The summed E-state index contributed by atoms with van der Waals surface area (Å²) in [5.41, 5.74) is 1.23. The number of nitrogens with one attached hydrogen (secondary N) is 1. The second kappa shape index (κ2) is 6.79. The SMILES string of the molecule is COC1CCCN1NS(=O)(=O)c1cccc2c1C(C(=O)O)CCC2. The number of methoxy groups -OCH3 is 1. The standard InChI is InChI=1S/C16H22N2O5S/c1-23-14-9-4-10-18(14)17-24(21,22)13-8-3-6-11-5-2-7-12(15(11)13)16(19)20/h3,6,8,12,14,17H,2,4-5,7,9-10H2,1H3,(H,19,20). The van der Waals surface area contributed by atoms with Crippen LogP contribution in [0.2, 0.25) is 0 Å². The molecule has 2 N–H and O–H groups in total. The third-order valence-corrected chi connectivity index (χ3v) is 6.15. The minimum Gasteiger partial charge on any atom is -0.481 e. The van der Waals surface area contributed by atoms with E-state index in [0.29, 0.717) is 24.9 Å². The highest BCUT2D eigenvalue weighted by Crippen LogP contribution is 2.36. The van der Waals surface area contributed by atoms with Gasteiger partial charge in [-0.2, -0.15) is 0 Å². The average molecular weight is 354 g/mol. The van der Waals surface area contributed by atoms with E-state index < -0.39 is 21.9 Å². The van der Waals surface area contributed by atoms with Crippen molar-refractivity contribution >= 4 is 16.0 Å². The number of hydrogen-bond acceptors (Lipinski definition) is 5. The normalized spacial score (nSPS) is 24.7. The van der Waals surface area contributed by atoms with Crippen molar-refractivity contribution in [3.63, 3.8) is 0 Å². The van der Waals surface area contributed by atoms with Crippen LogP contribution in [0.5, 0.6) is 0 Å². The Bertz CT molecular complexity index is 734. The number of benzene rings is 1. The summed E-state index contributed by atoms with van der Waals surface area (Å²) in [6, 6.07) is 4.98. The first-order valence-corrected chi connectivity index (χ1v) is 9.59. The van der Waals surface area contributed by atoms with Crippen LogP contribution in [0, 0.1) is 0 Å². The fourth-order valence-corrected chi connectivity index (χ4v) is 5.05. The van der Waals surface area contributed by atoms with Gasteiger partial charge in [0.1, 0.15) is 6.23 Å². The van der Waals surface area contributed by atoms with E-state index in [9.17, 15) is 18.3 Å². The van der Waals surface area contributed by atoms with Crippen LogP contribution in [0.3, 0.4) is 0 Å². The van der Waals surface area contributed by atoms with Gasteiger partial charge in [0, 0.05) is 13.7 Å². The summed E-state index contributed by atoms with van der Waals surface area (Å²) in [6.07, 6.45) is 3.20. The van der Waals surface area contributed by atoms with Crippen LogP contribution >= 0.6 is 0 Å². The number of hydrogen-bond donors (Lipinski definition) is 2. The molecule has 0 bridgehead atoms. The molecule has 0 aromatic heterocycles. The summed E-state index contributed by atoms with van der Waals surface area (Å²) < 4.78 is 31.1. The van der Waals surface area contributed by atoms with E-state index in [0.717, 1.165) is 24.8 Å². The molecule has 0 amide bonds. The average Bonchev–Trinajstić information content (AvgIpc) is 2.99. The summed E-state index contributed by atoms with van der Waals surface area (Å²) in [5.74, 6) is -1.76. The van der Waals surface area contributed by atoms with Gasteiger partial charge < -0.3 is 9.84 Å². The lowest BCUT2D eigenvalue weighted by Crippen LogP contribution is -2.46. The molecule has 132 valence electrons. The highest BCUT2D eigenvalue weighted by Gasteiger charge is 2.35. The summed E-state index contributed by atoms with van der Waals surface area (Å²) in [5, 5.41) is 11.1. The first kappa shape index (κ1) is 17.3. The molecule has 1 aliphatic carbocycles. The van der Waals surface area contributed by atoms with Crippen molar-refractivity contribution in [2.45, 2.75) is 49.1 Å². The summed E-state index contributed by atoms with van der Waals surface area (Å²) in [6.45, 7) is 0.565. The number of carboxylic acid groups (broad SMARTS) is 1. The van der Waals surface area contributed by atoms with Crippen molar-refractivity contribution in [3.8, 4) is 0 Å². The van der Waals surface area contributed by atoms with Crippen molar-refractivity contribution in [2.75, 3.05) is 13.7 Å². The number of aliphatic carboxylic acids is 1. The van der Waals surface area contributed by atoms with Crippen molar-refractivity contribution in [3.05, 3.63) is 29.3 Å². The summed E-state index contributed by atoms with van der Waals surface area (Å²) in [7, 11) is -2.32. The molecule has 3 rings (SSSR count). The molecule has 8 heteroatoms. The summed E-state index contributed by atoms with van der Waals surface area (Å²) in [4.78, 5) is 14.2. The van der Waals surface area contributed by atoms with Crippen LogP contribution in [-0.2, 0) is 26.0 Å². The molecular formula is C16H22N2O5S. The quantitative estimate of drug-likeness (QED) is 0.831. The second-order valence-electron chi connectivity index (χ2n) is 6.23. The van der Waals surface area contributed by atoms with Gasteiger partial charge in [0.2, 0.25) is 0 Å². The molecule has 1 aliphatic heterocycles. The van der Waals surface area contributed by atoms with Gasteiger partial charge in [0.25, 0.3) is 10.0 Å². The topological polar surface area (TPSA) is 95.9 Å². The molecule has 0 saturated carbocycles. The Morgan fingerprint density at radius 2 is 2.12 bits per heavy atom. The van der Waals surface area contributed by atoms with E-state index in [2.05, 4.69) is 4.83 Å². The molecule has 1 fully saturated rings. The van der Waals surface area contributed by atoms with Crippen LogP contribution in [-0.4, -0.2) is 44.4 Å². The zero-order valence-corrected chi connectivity index (χ0v) is 14.4. The fraction of sp³-hybridized carbons (Fsp3) is 0.562. The Balaban J connectivity index is 1.98. The van der Waals surface area contributed by atoms with Gasteiger partial charge in [-0.05, 0) is 49.3 Å². The van der Waals surface area contributed by atoms with Crippen LogP contribution in [0.1, 0.15) is 42.7 Å². The number of hydrazine groups is 1. The van der Waals surface area contributed by atoms with Gasteiger partial charge in [-0.15, -0.1) is 4.83 Å². The predicted molar refractivity (Wildman–Crippen MR) is 86.8 cm³/mol. The maximum absolute atomic E-state index is 12.9. The maximum Gasteiger partial charge on any atom is 0.311 e. The number of sulfonamides is 1. The first-order valence-electron chi connectivity index (χ1n) is 8.10. The maximum atomic E-state index is 12.9. The van der Waals surface area contributed by atoms with Crippen molar-refractivity contribution in [1.82, 2.24) is 9.84 Å². The second-order valence-corrected chi connectivity index (χ2v) is 7.86. The van der Waals surface area contributed by atoms with E-state index >= 15 is 0 Å². The Morgan fingerprint density at radius 1 is 1.33 bits per heavy atom. The van der Waals surface area contributed by atoms with Crippen LogP contribution in [0.25, 0.3) is 0 Å². The largest absolute Gasteiger partial charge is 0.481 e. The molecule has 2 aliphatic rings. The van der Waals surface area contributed by atoms with Gasteiger partial charge in [-0.3, -0.25) is 4.79 Å². The van der Waals surface area contributed by atoms with Gasteiger partial charge in [-0.1, -0.05) is 12.1 Å². The lowest BCUT2D eigenvalue weighted by atomic mass is 9.83. The van der Waals surface area contributed by atoms with E-state index in [4.69, 9.17) is 4.74 Å². The van der Waals surface area contributed by atoms with E-state index in [1.807, 2.05) is 6.07 Å². The van der Waals surface area contributed by atoms with Crippen molar-refractivity contribution < 1.29 is 23.1 Å². The zero-order chi connectivity index (χ0) is 17.3. The van der Waals surface area contributed by atoms with Gasteiger partial charge in [-0.25, -0.2) is 13.4 Å². The minimum absolute atomic E-state index is 0.0638. The lowest BCUT2D eigenvalue weighted by molar-refractivity contribution is -0.139. The number of fused-ring (bicyclic) bond motifs is 1. The van der Waals surface area contributed by atoms with Crippen molar-refractivity contribution in [1.29, 1.82) is 0 Å².